The Morgan fingerprint density at radius 2 is 1.00 bits per heavy atom. The SMILES string of the molecule is CC1C=CC=CC=C1.[C-]#[O+].[C-]#[O+].[C-]#[O+].[Cr]. The fourth-order valence-corrected chi connectivity index (χ4v) is 0.671. The minimum absolute atomic E-state index is 0. The first-order chi connectivity index (χ1) is 6.89. The summed E-state index contributed by atoms with van der Waals surface area (Å²) in [6.45, 7) is 15.7. The number of allylic oxidation sites excluding steroid dienone is 6. The first-order valence-corrected chi connectivity index (χ1v) is 3.52. The monoisotopic (exact) mass is 242 g/mol. The predicted octanol–water partition coefficient (Wildman–Crippen LogP) is 2.19. The number of hydrogen-bond donors (Lipinski definition) is 0. The van der Waals surface area contributed by atoms with Crippen molar-refractivity contribution in [3.05, 3.63) is 56.4 Å². The van der Waals surface area contributed by atoms with Gasteiger partial charge < -0.3 is 0 Å². The molecule has 0 saturated heterocycles. The van der Waals surface area contributed by atoms with Gasteiger partial charge in [0.2, 0.25) is 0 Å². The quantitative estimate of drug-likeness (QED) is 0.462. The van der Waals surface area contributed by atoms with Crippen molar-refractivity contribution in [2.75, 3.05) is 0 Å². The van der Waals surface area contributed by atoms with Crippen LogP contribution in [-0.4, -0.2) is 0 Å². The van der Waals surface area contributed by atoms with E-state index in [2.05, 4.69) is 51.2 Å². The van der Waals surface area contributed by atoms with E-state index in [9.17, 15) is 0 Å². The third-order valence-electron chi connectivity index (χ3n) is 1.16. The van der Waals surface area contributed by atoms with E-state index in [1.807, 2.05) is 12.2 Å². The van der Waals surface area contributed by atoms with Gasteiger partial charge in [-0.15, -0.1) is 0 Å². The van der Waals surface area contributed by atoms with Crippen LogP contribution in [0.4, 0.5) is 0 Å². The Morgan fingerprint density at radius 3 is 1.27 bits per heavy atom. The van der Waals surface area contributed by atoms with E-state index in [1.54, 1.807) is 0 Å². The van der Waals surface area contributed by atoms with Gasteiger partial charge in [0, 0.05) is 17.4 Å². The first-order valence-electron chi connectivity index (χ1n) is 3.52. The molecule has 0 spiro atoms. The van der Waals surface area contributed by atoms with Crippen LogP contribution in [0.15, 0.2) is 36.5 Å². The van der Waals surface area contributed by atoms with Crippen LogP contribution in [0.1, 0.15) is 6.92 Å². The molecule has 78 valence electrons. The molecule has 1 rings (SSSR count). The first kappa shape index (κ1) is 23.6. The van der Waals surface area contributed by atoms with E-state index in [4.69, 9.17) is 14.0 Å². The van der Waals surface area contributed by atoms with E-state index in [1.165, 1.54) is 0 Å². The van der Waals surface area contributed by atoms with Gasteiger partial charge in [0.25, 0.3) is 0 Å². The summed E-state index contributed by atoms with van der Waals surface area (Å²) >= 11 is 0. The Hall–Kier alpha value is -1.03. The van der Waals surface area contributed by atoms with Crippen molar-refractivity contribution in [1.29, 1.82) is 0 Å². The summed E-state index contributed by atoms with van der Waals surface area (Å²) in [6.07, 6.45) is 12.6. The minimum Gasteiger partial charge on any atom is 0 e. The average Bonchev–Trinajstić information content (AvgIpc) is 2.54. The third-order valence-corrected chi connectivity index (χ3v) is 1.16. The molecule has 0 saturated carbocycles. The molecule has 0 heterocycles. The standard InChI is InChI=1S/C8H10.3CO.Cr/c1-8-6-4-2-3-5-7-8;3*1-2;/h2-8H,1H3;;;;. The smallest absolute Gasteiger partial charge is 0 e. The second-order valence-electron chi connectivity index (χ2n) is 2.01. The zero-order valence-corrected chi connectivity index (χ0v) is 9.45. The molecule has 0 aromatic heterocycles. The topological polar surface area (TPSA) is 59.7 Å². The van der Waals surface area contributed by atoms with Crippen LogP contribution in [-0.2, 0) is 31.3 Å². The molecule has 0 unspecified atom stereocenters. The molecule has 0 N–H and O–H groups in total. The van der Waals surface area contributed by atoms with Crippen molar-refractivity contribution in [1.82, 2.24) is 0 Å². The molecule has 0 aliphatic heterocycles. The Labute approximate surface area is 101 Å². The fraction of sp³-hybridized carbons (Fsp3) is 0.182. The van der Waals surface area contributed by atoms with Crippen LogP contribution in [0, 0.1) is 25.9 Å². The molecule has 0 atom stereocenters. The van der Waals surface area contributed by atoms with E-state index < -0.39 is 0 Å². The van der Waals surface area contributed by atoms with Crippen molar-refractivity contribution in [3.63, 3.8) is 0 Å². The van der Waals surface area contributed by atoms with Crippen LogP contribution in [0.3, 0.4) is 0 Å². The van der Waals surface area contributed by atoms with Gasteiger partial charge in [-0.05, 0) is 5.92 Å². The molecule has 3 nitrogen and oxygen atoms in total. The second-order valence-corrected chi connectivity index (χ2v) is 2.01. The Bertz CT molecular complexity index is 216. The summed E-state index contributed by atoms with van der Waals surface area (Å²) in [7, 11) is 0. The fourth-order valence-electron chi connectivity index (χ4n) is 0.671. The molecule has 0 bridgehead atoms. The van der Waals surface area contributed by atoms with Gasteiger partial charge in [-0.3, -0.25) is 0 Å². The van der Waals surface area contributed by atoms with Gasteiger partial charge in [0.1, 0.15) is 0 Å². The van der Waals surface area contributed by atoms with E-state index in [0.29, 0.717) is 5.92 Å². The maximum Gasteiger partial charge on any atom is 0 e. The predicted molar refractivity (Wildman–Crippen MR) is 48.4 cm³/mol. The molecule has 0 aromatic rings. The Balaban J connectivity index is -0.0000000755. The van der Waals surface area contributed by atoms with Crippen LogP contribution < -0.4 is 0 Å². The van der Waals surface area contributed by atoms with Gasteiger partial charge in [-0.1, -0.05) is 43.4 Å². The summed E-state index contributed by atoms with van der Waals surface area (Å²) < 4.78 is 22.5. The third kappa shape index (κ3) is 24.6. The summed E-state index contributed by atoms with van der Waals surface area (Å²) in [4.78, 5) is 0. The minimum atomic E-state index is 0. The van der Waals surface area contributed by atoms with Gasteiger partial charge in [-0.25, -0.2) is 0 Å². The molecular weight excluding hydrogens is 232 g/mol. The van der Waals surface area contributed by atoms with E-state index in [0.717, 1.165) is 0 Å². The van der Waals surface area contributed by atoms with Gasteiger partial charge in [-0.2, -0.15) is 0 Å². The molecule has 0 fully saturated rings. The molecule has 15 heavy (non-hydrogen) atoms. The largest absolute Gasteiger partial charge is 0 e. The molecule has 1 aliphatic rings. The zero-order valence-electron chi connectivity index (χ0n) is 8.17. The van der Waals surface area contributed by atoms with Gasteiger partial charge in [0.05, 0.1) is 0 Å². The Morgan fingerprint density at radius 1 is 0.733 bits per heavy atom. The summed E-state index contributed by atoms with van der Waals surface area (Å²) in [5.41, 5.74) is 0. The van der Waals surface area contributed by atoms with Crippen LogP contribution in [0.5, 0.6) is 0 Å². The molecule has 0 amide bonds. The molecule has 0 radical (unpaired) electrons. The Kier molecular flexibility index (Phi) is 46.1. The van der Waals surface area contributed by atoms with Crippen molar-refractivity contribution < 1.29 is 31.3 Å². The maximum atomic E-state index is 7.50. The summed E-state index contributed by atoms with van der Waals surface area (Å²) in [5, 5.41) is 0. The van der Waals surface area contributed by atoms with Crippen LogP contribution >= 0.6 is 0 Å². The van der Waals surface area contributed by atoms with Crippen molar-refractivity contribution in [3.8, 4) is 0 Å². The van der Waals surface area contributed by atoms with Gasteiger partial charge >= 0.3 is 33.9 Å². The van der Waals surface area contributed by atoms with E-state index in [-0.39, 0.29) is 17.4 Å². The number of rotatable bonds is 0. The van der Waals surface area contributed by atoms with Crippen molar-refractivity contribution in [2.45, 2.75) is 6.92 Å². The zero-order chi connectivity index (χ0) is 11.8. The average molecular weight is 242 g/mol. The van der Waals surface area contributed by atoms with Crippen molar-refractivity contribution >= 4 is 0 Å². The van der Waals surface area contributed by atoms with Crippen LogP contribution in [0.25, 0.3) is 0 Å². The molecule has 4 heteroatoms. The normalized spacial score (nSPS) is 10.6. The molecule has 0 aromatic carbocycles. The van der Waals surface area contributed by atoms with Crippen molar-refractivity contribution in [2.24, 2.45) is 5.92 Å². The van der Waals surface area contributed by atoms with E-state index >= 15 is 0 Å². The maximum absolute atomic E-state index is 7.50. The number of hydrogen-bond acceptors (Lipinski definition) is 0. The second kappa shape index (κ2) is 29.3. The molecule has 1 aliphatic carbocycles. The molecular formula is C11H10CrO3. The summed E-state index contributed by atoms with van der Waals surface area (Å²) in [6, 6.07) is 0. The summed E-state index contributed by atoms with van der Waals surface area (Å²) in [5.74, 6) is 0.602. The van der Waals surface area contributed by atoms with Gasteiger partial charge in [0.15, 0.2) is 0 Å². The van der Waals surface area contributed by atoms with Crippen LogP contribution in [0.2, 0.25) is 0 Å².